The molecule has 0 amide bonds. The van der Waals surface area contributed by atoms with Crippen molar-refractivity contribution in [2.24, 2.45) is 5.92 Å². The lowest BCUT2D eigenvalue weighted by Crippen LogP contribution is -2.24. The minimum Gasteiger partial charge on any atom is -0.338 e. The first-order chi connectivity index (χ1) is 16.5. The highest BCUT2D eigenvalue weighted by molar-refractivity contribution is 7.98. The molecule has 0 bridgehead atoms. The second kappa shape index (κ2) is 9.42. The standard InChI is InChI=1S/C25H26N6O2S/c1-4-17-9-11-18(12-10-17)22-26-21(33-29-22)15-34-25-28-27-24-30(14-13-16(2)3)23(32)19-7-5-6-8-20(19)31(24)25/h5-12,16H,4,13-15H2,1-3H3. The third-order valence-electron chi connectivity index (χ3n) is 5.82. The van der Waals surface area contributed by atoms with Gasteiger partial charge in [-0.05, 0) is 36.5 Å². The molecule has 0 aliphatic rings. The number of fused-ring (bicyclic) bond motifs is 3. The number of nitrogens with zero attached hydrogens (tertiary/aromatic N) is 6. The molecule has 174 valence electrons. The minimum atomic E-state index is -0.0386. The monoisotopic (exact) mass is 474 g/mol. The van der Waals surface area contributed by atoms with Crippen LogP contribution in [0.5, 0.6) is 0 Å². The van der Waals surface area contributed by atoms with E-state index in [1.165, 1.54) is 17.3 Å². The highest BCUT2D eigenvalue weighted by Gasteiger charge is 2.18. The average Bonchev–Trinajstić information content (AvgIpc) is 3.50. The number of benzene rings is 2. The van der Waals surface area contributed by atoms with Crippen LogP contribution < -0.4 is 5.56 Å². The Morgan fingerprint density at radius 3 is 2.62 bits per heavy atom. The van der Waals surface area contributed by atoms with Crippen molar-refractivity contribution in [3.8, 4) is 11.4 Å². The van der Waals surface area contributed by atoms with E-state index in [2.05, 4.69) is 53.2 Å². The molecule has 5 rings (SSSR count). The van der Waals surface area contributed by atoms with Crippen LogP contribution in [0.3, 0.4) is 0 Å². The van der Waals surface area contributed by atoms with Crippen LogP contribution in [-0.4, -0.2) is 29.3 Å². The maximum Gasteiger partial charge on any atom is 0.262 e. The lowest BCUT2D eigenvalue weighted by atomic mass is 10.1. The van der Waals surface area contributed by atoms with Gasteiger partial charge in [-0.15, -0.1) is 10.2 Å². The summed E-state index contributed by atoms with van der Waals surface area (Å²) < 4.78 is 9.16. The highest BCUT2D eigenvalue weighted by atomic mass is 32.2. The Labute approximate surface area is 201 Å². The molecular formula is C25H26N6O2S. The summed E-state index contributed by atoms with van der Waals surface area (Å²) in [6.07, 6.45) is 1.87. The van der Waals surface area contributed by atoms with Crippen molar-refractivity contribution in [3.63, 3.8) is 0 Å². The van der Waals surface area contributed by atoms with E-state index in [1.807, 2.05) is 40.8 Å². The van der Waals surface area contributed by atoms with E-state index in [0.29, 0.717) is 46.3 Å². The largest absolute Gasteiger partial charge is 0.338 e. The number of para-hydroxylation sites is 1. The lowest BCUT2D eigenvalue weighted by molar-refractivity contribution is 0.391. The number of thioether (sulfide) groups is 1. The maximum atomic E-state index is 13.2. The molecule has 8 nitrogen and oxygen atoms in total. The number of hydrogen-bond acceptors (Lipinski definition) is 7. The van der Waals surface area contributed by atoms with Crippen molar-refractivity contribution in [1.29, 1.82) is 0 Å². The molecule has 0 spiro atoms. The average molecular weight is 475 g/mol. The van der Waals surface area contributed by atoms with Crippen molar-refractivity contribution in [2.45, 2.75) is 51.1 Å². The van der Waals surface area contributed by atoms with Gasteiger partial charge >= 0.3 is 0 Å². The predicted molar refractivity (Wildman–Crippen MR) is 133 cm³/mol. The van der Waals surface area contributed by atoms with Crippen molar-refractivity contribution >= 4 is 28.4 Å². The third-order valence-corrected chi connectivity index (χ3v) is 6.74. The normalized spacial score (nSPS) is 11.8. The number of rotatable bonds is 8. The highest BCUT2D eigenvalue weighted by Crippen LogP contribution is 2.25. The molecule has 2 aromatic carbocycles. The van der Waals surface area contributed by atoms with Crippen LogP contribution in [0.4, 0.5) is 0 Å². The Balaban J connectivity index is 1.46. The van der Waals surface area contributed by atoms with E-state index in [9.17, 15) is 4.79 Å². The second-order valence-electron chi connectivity index (χ2n) is 8.63. The predicted octanol–water partition coefficient (Wildman–Crippen LogP) is 5.00. The number of hydrogen-bond donors (Lipinski definition) is 0. The first kappa shape index (κ1) is 22.3. The molecular weight excluding hydrogens is 448 g/mol. The van der Waals surface area contributed by atoms with Crippen LogP contribution in [0.15, 0.2) is 63.0 Å². The molecule has 3 heterocycles. The Bertz CT molecular complexity index is 1500. The van der Waals surface area contributed by atoms with Crippen molar-refractivity contribution in [3.05, 3.63) is 70.3 Å². The third kappa shape index (κ3) is 4.23. The summed E-state index contributed by atoms with van der Waals surface area (Å²) >= 11 is 1.46. The van der Waals surface area contributed by atoms with Crippen molar-refractivity contribution in [2.75, 3.05) is 0 Å². The SMILES string of the molecule is CCc1ccc(-c2noc(CSc3nnc4n(CCC(C)C)c(=O)c5ccccc5n34)n2)cc1. The Hall–Kier alpha value is -3.46. The van der Waals surface area contributed by atoms with E-state index in [0.717, 1.165) is 23.9 Å². The fourth-order valence-corrected chi connectivity index (χ4v) is 4.64. The summed E-state index contributed by atoms with van der Waals surface area (Å²) in [6.45, 7) is 7.01. The van der Waals surface area contributed by atoms with Gasteiger partial charge in [0.2, 0.25) is 17.5 Å². The van der Waals surface area contributed by atoms with E-state index in [4.69, 9.17) is 4.52 Å². The van der Waals surface area contributed by atoms with Gasteiger partial charge in [0.25, 0.3) is 5.56 Å². The van der Waals surface area contributed by atoms with Crippen LogP contribution in [-0.2, 0) is 18.7 Å². The van der Waals surface area contributed by atoms with Gasteiger partial charge in [-0.1, -0.05) is 74.1 Å². The molecule has 0 unspecified atom stereocenters. The van der Waals surface area contributed by atoms with E-state index in [-0.39, 0.29) is 5.56 Å². The molecule has 0 N–H and O–H groups in total. The van der Waals surface area contributed by atoms with E-state index < -0.39 is 0 Å². The number of aromatic nitrogens is 6. The molecule has 34 heavy (non-hydrogen) atoms. The van der Waals surface area contributed by atoms with Gasteiger partial charge in [0.1, 0.15) is 0 Å². The van der Waals surface area contributed by atoms with Crippen molar-refractivity contribution < 1.29 is 4.52 Å². The smallest absolute Gasteiger partial charge is 0.262 e. The van der Waals surface area contributed by atoms with E-state index in [1.54, 1.807) is 4.57 Å². The lowest BCUT2D eigenvalue weighted by Gasteiger charge is -2.12. The summed E-state index contributed by atoms with van der Waals surface area (Å²) in [5.74, 6) is 2.54. The summed E-state index contributed by atoms with van der Waals surface area (Å²) in [4.78, 5) is 17.7. The van der Waals surface area contributed by atoms with Crippen LogP contribution >= 0.6 is 11.8 Å². The van der Waals surface area contributed by atoms with Gasteiger partial charge < -0.3 is 4.52 Å². The summed E-state index contributed by atoms with van der Waals surface area (Å²) in [7, 11) is 0. The Kier molecular flexibility index (Phi) is 6.19. The summed E-state index contributed by atoms with van der Waals surface area (Å²) in [6, 6.07) is 15.7. The van der Waals surface area contributed by atoms with Gasteiger partial charge in [-0.2, -0.15) is 4.98 Å². The zero-order valence-corrected chi connectivity index (χ0v) is 20.2. The van der Waals surface area contributed by atoms with Gasteiger partial charge in [-0.25, -0.2) is 0 Å². The van der Waals surface area contributed by atoms with Crippen LogP contribution in [0.25, 0.3) is 28.1 Å². The minimum absolute atomic E-state index is 0.0386. The zero-order chi connectivity index (χ0) is 23.7. The number of aryl methyl sites for hydroxylation is 2. The second-order valence-corrected chi connectivity index (χ2v) is 9.57. The van der Waals surface area contributed by atoms with Gasteiger partial charge in [-0.3, -0.25) is 13.8 Å². The van der Waals surface area contributed by atoms with Crippen LogP contribution in [0.2, 0.25) is 0 Å². The summed E-state index contributed by atoms with van der Waals surface area (Å²) in [5.41, 5.74) is 2.94. The summed E-state index contributed by atoms with van der Waals surface area (Å²) in [5, 5.41) is 14.2. The quantitative estimate of drug-likeness (QED) is 0.292. The van der Waals surface area contributed by atoms with Gasteiger partial charge in [0.05, 0.1) is 16.7 Å². The molecule has 3 aromatic heterocycles. The van der Waals surface area contributed by atoms with Crippen molar-refractivity contribution in [1.82, 2.24) is 29.3 Å². The Morgan fingerprint density at radius 1 is 1.06 bits per heavy atom. The molecule has 5 aromatic rings. The molecule has 0 fully saturated rings. The topological polar surface area (TPSA) is 91.1 Å². The van der Waals surface area contributed by atoms with Gasteiger partial charge in [0, 0.05) is 12.1 Å². The maximum absolute atomic E-state index is 13.2. The van der Waals surface area contributed by atoms with Crippen LogP contribution in [0, 0.1) is 5.92 Å². The zero-order valence-electron chi connectivity index (χ0n) is 19.4. The molecule has 0 aliphatic heterocycles. The Morgan fingerprint density at radius 2 is 1.85 bits per heavy atom. The van der Waals surface area contributed by atoms with Crippen LogP contribution in [0.1, 0.15) is 38.6 Å². The molecule has 0 aliphatic carbocycles. The first-order valence-electron chi connectivity index (χ1n) is 11.5. The fraction of sp³-hybridized carbons (Fsp3) is 0.320. The first-order valence-corrected chi connectivity index (χ1v) is 12.4. The molecule has 0 saturated carbocycles. The van der Waals surface area contributed by atoms with E-state index >= 15 is 0 Å². The molecule has 0 radical (unpaired) electrons. The molecule has 0 saturated heterocycles. The molecule has 9 heteroatoms. The van der Waals surface area contributed by atoms with Gasteiger partial charge in [0.15, 0.2) is 5.16 Å². The molecule has 0 atom stereocenters. The fourth-order valence-electron chi connectivity index (χ4n) is 3.86.